The van der Waals surface area contributed by atoms with Crippen LogP contribution < -0.4 is 5.32 Å². The van der Waals surface area contributed by atoms with Crippen molar-refractivity contribution in [2.75, 3.05) is 18.4 Å². The molecule has 1 N–H and O–H groups in total. The third-order valence-corrected chi connectivity index (χ3v) is 4.26. The highest BCUT2D eigenvalue weighted by atomic mass is 19.4. The second kappa shape index (κ2) is 7.27. The van der Waals surface area contributed by atoms with E-state index in [4.69, 9.17) is 0 Å². The van der Waals surface area contributed by atoms with Crippen LogP contribution in [-0.4, -0.2) is 23.9 Å². The average Bonchev–Trinajstić information content (AvgIpc) is 3.08. The van der Waals surface area contributed by atoms with E-state index in [0.717, 1.165) is 37.3 Å². The largest absolute Gasteiger partial charge is 0.416 e. The Morgan fingerprint density at radius 1 is 1.04 bits per heavy atom. The molecule has 1 amide bonds. The Hall–Kier alpha value is -2.34. The number of carbonyl (C=O) groups is 1. The Bertz CT molecular complexity index is 735. The van der Waals surface area contributed by atoms with Gasteiger partial charge in [0.1, 0.15) is 0 Å². The first kappa shape index (κ1) is 17.5. The van der Waals surface area contributed by atoms with Gasteiger partial charge in [-0.25, -0.2) is 0 Å². The molecule has 0 spiro atoms. The SMILES string of the molecule is O=C(Nc1ccc(C(F)(F)F)cc1)c1cccc(CN2CCCC2)c1. The molecule has 0 unspecified atom stereocenters. The summed E-state index contributed by atoms with van der Waals surface area (Å²) in [7, 11) is 0. The number of nitrogens with one attached hydrogen (secondary N) is 1. The summed E-state index contributed by atoms with van der Waals surface area (Å²) >= 11 is 0. The lowest BCUT2D eigenvalue weighted by atomic mass is 10.1. The van der Waals surface area contributed by atoms with Crippen molar-refractivity contribution in [2.24, 2.45) is 0 Å². The average molecular weight is 348 g/mol. The molecule has 0 aromatic heterocycles. The zero-order valence-electron chi connectivity index (χ0n) is 13.6. The lowest BCUT2D eigenvalue weighted by Crippen LogP contribution is -2.19. The lowest BCUT2D eigenvalue weighted by molar-refractivity contribution is -0.137. The monoisotopic (exact) mass is 348 g/mol. The van der Waals surface area contributed by atoms with E-state index in [1.165, 1.54) is 25.0 Å². The molecule has 2 aromatic carbocycles. The van der Waals surface area contributed by atoms with Crippen LogP contribution >= 0.6 is 0 Å². The molecule has 132 valence electrons. The predicted octanol–water partition coefficient (Wildman–Crippen LogP) is 4.55. The number of likely N-dealkylation sites (tertiary alicyclic amines) is 1. The van der Waals surface area contributed by atoms with Crippen LogP contribution in [0.4, 0.5) is 18.9 Å². The molecule has 1 fully saturated rings. The Morgan fingerprint density at radius 3 is 2.36 bits per heavy atom. The number of hydrogen-bond acceptors (Lipinski definition) is 2. The first-order chi connectivity index (χ1) is 11.9. The fourth-order valence-corrected chi connectivity index (χ4v) is 2.96. The highest BCUT2D eigenvalue weighted by Gasteiger charge is 2.30. The smallest absolute Gasteiger partial charge is 0.322 e. The van der Waals surface area contributed by atoms with Crippen LogP contribution in [0.1, 0.15) is 34.3 Å². The topological polar surface area (TPSA) is 32.3 Å². The summed E-state index contributed by atoms with van der Waals surface area (Å²) in [6, 6.07) is 11.8. The Labute approximate surface area is 144 Å². The lowest BCUT2D eigenvalue weighted by Gasteiger charge is -2.15. The molecular weight excluding hydrogens is 329 g/mol. The molecule has 1 aliphatic rings. The Morgan fingerprint density at radius 2 is 1.72 bits per heavy atom. The number of anilines is 1. The molecule has 25 heavy (non-hydrogen) atoms. The van der Waals surface area contributed by atoms with Crippen LogP contribution in [-0.2, 0) is 12.7 Å². The van der Waals surface area contributed by atoms with Crippen molar-refractivity contribution in [1.82, 2.24) is 4.90 Å². The first-order valence-corrected chi connectivity index (χ1v) is 8.22. The maximum atomic E-state index is 12.6. The number of benzene rings is 2. The van der Waals surface area contributed by atoms with Gasteiger partial charge in [0.25, 0.3) is 5.91 Å². The predicted molar refractivity (Wildman–Crippen MR) is 90.4 cm³/mol. The van der Waals surface area contributed by atoms with Crippen molar-refractivity contribution in [3.63, 3.8) is 0 Å². The van der Waals surface area contributed by atoms with Gasteiger partial charge < -0.3 is 5.32 Å². The maximum Gasteiger partial charge on any atom is 0.416 e. The molecular formula is C19H19F3N2O. The van der Waals surface area contributed by atoms with Gasteiger partial charge >= 0.3 is 6.18 Å². The van der Waals surface area contributed by atoms with Gasteiger partial charge in [-0.2, -0.15) is 13.2 Å². The third kappa shape index (κ3) is 4.60. The van der Waals surface area contributed by atoms with Gasteiger partial charge in [-0.05, 0) is 67.9 Å². The van der Waals surface area contributed by atoms with Crippen LogP contribution in [0.15, 0.2) is 48.5 Å². The number of alkyl halides is 3. The van der Waals surface area contributed by atoms with Gasteiger partial charge in [0.05, 0.1) is 5.56 Å². The molecule has 0 atom stereocenters. The summed E-state index contributed by atoms with van der Waals surface area (Å²) in [4.78, 5) is 14.7. The van der Waals surface area contributed by atoms with Crippen molar-refractivity contribution in [1.29, 1.82) is 0 Å². The molecule has 2 aromatic rings. The van der Waals surface area contributed by atoms with Crippen molar-refractivity contribution in [3.05, 3.63) is 65.2 Å². The van der Waals surface area contributed by atoms with E-state index in [1.54, 1.807) is 6.07 Å². The molecule has 3 nitrogen and oxygen atoms in total. The van der Waals surface area contributed by atoms with Crippen LogP contribution in [0, 0.1) is 0 Å². The summed E-state index contributed by atoms with van der Waals surface area (Å²) in [5.41, 5.74) is 1.15. The van der Waals surface area contributed by atoms with E-state index in [2.05, 4.69) is 10.2 Å². The quantitative estimate of drug-likeness (QED) is 0.879. The zero-order valence-corrected chi connectivity index (χ0v) is 13.6. The normalized spacial score (nSPS) is 15.3. The molecule has 1 saturated heterocycles. The van der Waals surface area contributed by atoms with Crippen molar-refractivity contribution >= 4 is 11.6 Å². The number of carbonyl (C=O) groups excluding carboxylic acids is 1. The number of hydrogen-bond donors (Lipinski definition) is 1. The minimum atomic E-state index is -4.38. The molecule has 0 aliphatic carbocycles. The standard InChI is InChI=1S/C19H19F3N2O/c20-19(21,22)16-6-8-17(9-7-16)23-18(25)15-5-3-4-14(12-15)13-24-10-1-2-11-24/h3-9,12H,1-2,10-11,13H2,(H,23,25). The van der Waals surface area contributed by atoms with Crippen LogP contribution in [0.25, 0.3) is 0 Å². The van der Waals surface area contributed by atoms with Crippen LogP contribution in [0.2, 0.25) is 0 Å². The molecule has 0 radical (unpaired) electrons. The van der Waals surface area contributed by atoms with Crippen LogP contribution in [0.3, 0.4) is 0 Å². The molecule has 6 heteroatoms. The minimum Gasteiger partial charge on any atom is -0.322 e. The van der Waals surface area contributed by atoms with Gasteiger partial charge in [-0.1, -0.05) is 12.1 Å². The summed E-state index contributed by atoms with van der Waals surface area (Å²) < 4.78 is 37.7. The molecule has 3 rings (SSSR count). The Balaban J connectivity index is 1.66. The fourth-order valence-electron chi connectivity index (χ4n) is 2.96. The molecule has 1 aliphatic heterocycles. The van der Waals surface area contributed by atoms with E-state index in [1.807, 2.05) is 18.2 Å². The first-order valence-electron chi connectivity index (χ1n) is 8.22. The summed E-state index contributed by atoms with van der Waals surface area (Å²) in [5.74, 6) is -0.331. The summed E-state index contributed by atoms with van der Waals surface area (Å²) in [6.07, 6.45) is -1.98. The van der Waals surface area contributed by atoms with E-state index in [-0.39, 0.29) is 5.91 Å². The van der Waals surface area contributed by atoms with E-state index in [9.17, 15) is 18.0 Å². The minimum absolute atomic E-state index is 0.331. The number of rotatable bonds is 4. The second-order valence-electron chi connectivity index (χ2n) is 6.21. The molecule has 0 saturated carbocycles. The van der Waals surface area contributed by atoms with E-state index >= 15 is 0 Å². The van der Waals surface area contributed by atoms with Crippen molar-refractivity contribution < 1.29 is 18.0 Å². The van der Waals surface area contributed by atoms with Gasteiger partial charge in [-0.15, -0.1) is 0 Å². The third-order valence-electron chi connectivity index (χ3n) is 4.26. The highest BCUT2D eigenvalue weighted by Crippen LogP contribution is 2.29. The number of halogens is 3. The second-order valence-corrected chi connectivity index (χ2v) is 6.21. The van der Waals surface area contributed by atoms with Crippen LogP contribution in [0.5, 0.6) is 0 Å². The van der Waals surface area contributed by atoms with E-state index < -0.39 is 11.7 Å². The van der Waals surface area contributed by atoms with Gasteiger partial charge in [0, 0.05) is 17.8 Å². The fraction of sp³-hybridized carbons (Fsp3) is 0.316. The van der Waals surface area contributed by atoms with Gasteiger partial charge in [-0.3, -0.25) is 9.69 Å². The van der Waals surface area contributed by atoms with Crippen molar-refractivity contribution in [2.45, 2.75) is 25.6 Å². The van der Waals surface area contributed by atoms with Crippen molar-refractivity contribution in [3.8, 4) is 0 Å². The van der Waals surface area contributed by atoms with Gasteiger partial charge in [0.15, 0.2) is 0 Å². The zero-order chi connectivity index (χ0) is 17.9. The molecule has 0 bridgehead atoms. The maximum absolute atomic E-state index is 12.6. The molecule has 1 heterocycles. The number of nitrogens with zero attached hydrogens (tertiary/aromatic N) is 1. The van der Waals surface area contributed by atoms with Gasteiger partial charge in [0.2, 0.25) is 0 Å². The summed E-state index contributed by atoms with van der Waals surface area (Å²) in [5, 5.41) is 2.64. The number of amides is 1. The highest BCUT2D eigenvalue weighted by molar-refractivity contribution is 6.04. The Kier molecular flexibility index (Phi) is 5.08. The summed E-state index contributed by atoms with van der Waals surface area (Å²) in [6.45, 7) is 2.95. The van der Waals surface area contributed by atoms with E-state index in [0.29, 0.717) is 11.3 Å².